The smallest absolute Gasteiger partial charge is 0.145 e. The summed E-state index contributed by atoms with van der Waals surface area (Å²) in [4.78, 5) is 2.15. The van der Waals surface area contributed by atoms with Crippen molar-refractivity contribution in [2.45, 2.75) is 19.4 Å². The van der Waals surface area contributed by atoms with E-state index in [-0.39, 0.29) is 12.7 Å². The van der Waals surface area contributed by atoms with Crippen LogP contribution in [0.1, 0.15) is 13.3 Å². The third kappa shape index (κ3) is 2.07. The highest BCUT2D eigenvalue weighted by Gasteiger charge is 2.24. The summed E-state index contributed by atoms with van der Waals surface area (Å²) < 4.78 is 5.84. The highest BCUT2D eigenvalue weighted by atomic mass is 16.5. The van der Waals surface area contributed by atoms with Gasteiger partial charge in [-0.25, -0.2) is 0 Å². The molecule has 0 saturated carbocycles. The number of ether oxygens (including phenoxy) is 1. The number of benzene rings is 1. The van der Waals surface area contributed by atoms with Gasteiger partial charge in [0.1, 0.15) is 11.9 Å². The molecule has 88 valence electrons. The minimum atomic E-state index is 0.153. The van der Waals surface area contributed by atoms with Gasteiger partial charge in [-0.1, -0.05) is 6.92 Å². The fraction of sp³-hybridized carbons (Fsp3) is 0.500. The number of hydrogen-bond donors (Lipinski definition) is 2. The fourth-order valence-corrected chi connectivity index (χ4v) is 1.99. The number of fused-ring (bicyclic) bond motifs is 1. The molecule has 1 unspecified atom stereocenters. The second-order valence-corrected chi connectivity index (χ2v) is 4.04. The first kappa shape index (κ1) is 11.1. The molecule has 3 N–H and O–H groups in total. The molecule has 4 nitrogen and oxygen atoms in total. The second-order valence-electron chi connectivity index (χ2n) is 4.04. The quantitative estimate of drug-likeness (QED) is 0.755. The second kappa shape index (κ2) is 4.61. The van der Waals surface area contributed by atoms with Crippen molar-refractivity contribution in [2.75, 3.05) is 30.3 Å². The van der Waals surface area contributed by atoms with Crippen molar-refractivity contribution in [2.24, 2.45) is 0 Å². The molecule has 1 aromatic rings. The topological polar surface area (TPSA) is 58.7 Å². The molecule has 1 aromatic carbocycles. The highest BCUT2D eigenvalue weighted by Crippen LogP contribution is 2.35. The van der Waals surface area contributed by atoms with Crippen molar-refractivity contribution < 1.29 is 9.84 Å². The van der Waals surface area contributed by atoms with Crippen LogP contribution in [0, 0.1) is 0 Å². The molecule has 2 rings (SSSR count). The van der Waals surface area contributed by atoms with Crippen molar-refractivity contribution in [3.63, 3.8) is 0 Å². The van der Waals surface area contributed by atoms with Gasteiger partial charge >= 0.3 is 0 Å². The van der Waals surface area contributed by atoms with E-state index in [4.69, 9.17) is 15.6 Å². The summed E-state index contributed by atoms with van der Waals surface area (Å²) in [6, 6.07) is 5.66. The van der Waals surface area contributed by atoms with Gasteiger partial charge in [-0.05, 0) is 18.6 Å². The van der Waals surface area contributed by atoms with Crippen LogP contribution in [0.2, 0.25) is 0 Å². The van der Waals surface area contributed by atoms with E-state index < -0.39 is 0 Å². The molecule has 1 atom stereocenters. The van der Waals surface area contributed by atoms with Crippen LogP contribution < -0.4 is 15.4 Å². The van der Waals surface area contributed by atoms with Gasteiger partial charge in [-0.3, -0.25) is 0 Å². The summed E-state index contributed by atoms with van der Waals surface area (Å²) in [5.74, 6) is 0.826. The normalized spacial score (nSPS) is 19.1. The van der Waals surface area contributed by atoms with Crippen LogP contribution >= 0.6 is 0 Å². The minimum absolute atomic E-state index is 0.153. The Kier molecular flexibility index (Phi) is 3.19. The number of anilines is 2. The summed E-state index contributed by atoms with van der Waals surface area (Å²) in [5, 5.41) is 9.05. The molecule has 1 heterocycles. The Morgan fingerprint density at radius 1 is 1.56 bits per heavy atom. The van der Waals surface area contributed by atoms with Gasteiger partial charge in [-0.2, -0.15) is 0 Å². The average molecular weight is 222 g/mol. The molecule has 0 amide bonds. The van der Waals surface area contributed by atoms with Gasteiger partial charge in [0.15, 0.2) is 0 Å². The maximum atomic E-state index is 9.05. The zero-order chi connectivity index (χ0) is 11.5. The number of β-amino-alcohol motifs (C(OH)–C–C–N with tert-alkyl or cyclic N) is 1. The largest absolute Gasteiger partial charge is 0.486 e. The summed E-state index contributed by atoms with van der Waals surface area (Å²) in [6.45, 7) is 3.71. The number of rotatable bonds is 3. The van der Waals surface area contributed by atoms with E-state index >= 15 is 0 Å². The van der Waals surface area contributed by atoms with Crippen LogP contribution in [-0.2, 0) is 0 Å². The maximum Gasteiger partial charge on any atom is 0.145 e. The Morgan fingerprint density at radius 3 is 3.06 bits per heavy atom. The van der Waals surface area contributed by atoms with E-state index in [9.17, 15) is 0 Å². The van der Waals surface area contributed by atoms with Crippen LogP contribution in [0.25, 0.3) is 0 Å². The van der Waals surface area contributed by atoms with Gasteiger partial charge < -0.3 is 20.5 Å². The first-order chi connectivity index (χ1) is 7.74. The lowest BCUT2D eigenvalue weighted by molar-refractivity contribution is 0.185. The lowest BCUT2D eigenvalue weighted by Gasteiger charge is -2.35. The first-order valence-electron chi connectivity index (χ1n) is 5.66. The molecule has 0 aliphatic carbocycles. The molecule has 0 radical (unpaired) electrons. The highest BCUT2D eigenvalue weighted by molar-refractivity contribution is 5.65. The molecule has 0 bridgehead atoms. The molecular formula is C12H18N2O2. The number of nitrogens with two attached hydrogens (primary N) is 1. The average Bonchev–Trinajstić information content (AvgIpc) is 2.28. The van der Waals surface area contributed by atoms with E-state index in [2.05, 4.69) is 11.8 Å². The number of aliphatic hydroxyl groups is 1. The molecule has 1 aliphatic rings. The molecule has 0 aromatic heterocycles. The Morgan fingerprint density at radius 2 is 2.38 bits per heavy atom. The van der Waals surface area contributed by atoms with Crippen molar-refractivity contribution in [3.05, 3.63) is 18.2 Å². The predicted molar refractivity (Wildman–Crippen MR) is 64.9 cm³/mol. The number of nitrogen functional groups attached to an aromatic ring is 1. The zero-order valence-corrected chi connectivity index (χ0v) is 9.52. The summed E-state index contributed by atoms with van der Waals surface area (Å²) in [5.41, 5.74) is 7.47. The minimum Gasteiger partial charge on any atom is -0.486 e. The molecule has 4 heteroatoms. The molecule has 0 spiro atoms. The van der Waals surface area contributed by atoms with E-state index in [0.717, 1.165) is 24.4 Å². The van der Waals surface area contributed by atoms with Crippen LogP contribution in [0.3, 0.4) is 0 Å². The molecule has 16 heavy (non-hydrogen) atoms. The van der Waals surface area contributed by atoms with E-state index in [1.165, 1.54) is 0 Å². The third-order valence-corrected chi connectivity index (χ3v) is 2.87. The van der Waals surface area contributed by atoms with Crippen molar-refractivity contribution in [1.82, 2.24) is 0 Å². The van der Waals surface area contributed by atoms with Crippen molar-refractivity contribution in [1.29, 1.82) is 0 Å². The lowest BCUT2D eigenvalue weighted by atomic mass is 10.1. The van der Waals surface area contributed by atoms with Gasteiger partial charge in [0.2, 0.25) is 0 Å². The van der Waals surface area contributed by atoms with Crippen LogP contribution in [0.15, 0.2) is 18.2 Å². The standard InChI is InChI=1S/C12H18N2O2/c1-2-10-8-14(5-6-15)11-4-3-9(13)7-12(11)16-10/h3-4,7,10,15H,2,5-6,8,13H2,1H3. The van der Waals surface area contributed by atoms with Crippen LogP contribution in [0.5, 0.6) is 5.75 Å². The zero-order valence-electron chi connectivity index (χ0n) is 9.52. The summed E-state index contributed by atoms with van der Waals surface area (Å²) in [6.07, 6.45) is 1.14. The monoisotopic (exact) mass is 222 g/mol. The number of hydrogen-bond acceptors (Lipinski definition) is 4. The maximum absolute atomic E-state index is 9.05. The molecule has 1 aliphatic heterocycles. The molecule has 0 saturated heterocycles. The summed E-state index contributed by atoms with van der Waals surface area (Å²) >= 11 is 0. The Labute approximate surface area is 95.6 Å². The van der Waals surface area contributed by atoms with Crippen molar-refractivity contribution >= 4 is 11.4 Å². The van der Waals surface area contributed by atoms with E-state index in [1.807, 2.05) is 18.2 Å². The first-order valence-corrected chi connectivity index (χ1v) is 5.66. The predicted octanol–water partition coefficient (Wildman–Crippen LogP) is 1.24. The number of aliphatic hydroxyl groups excluding tert-OH is 1. The number of nitrogens with zero attached hydrogens (tertiary/aromatic N) is 1. The molecule has 0 fully saturated rings. The molecular weight excluding hydrogens is 204 g/mol. The Balaban J connectivity index is 2.30. The van der Waals surface area contributed by atoms with Gasteiger partial charge in [0, 0.05) is 18.3 Å². The third-order valence-electron chi connectivity index (χ3n) is 2.87. The summed E-state index contributed by atoms with van der Waals surface area (Å²) in [7, 11) is 0. The van der Waals surface area contributed by atoms with Crippen LogP contribution in [-0.4, -0.2) is 30.9 Å². The Hall–Kier alpha value is -1.42. The van der Waals surface area contributed by atoms with Crippen molar-refractivity contribution in [3.8, 4) is 5.75 Å². The van der Waals surface area contributed by atoms with E-state index in [0.29, 0.717) is 12.2 Å². The van der Waals surface area contributed by atoms with Crippen LogP contribution in [0.4, 0.5) is 11.4 Å². The fourth-order valence-electron chi connectivity index (χ4n) is 1.99. The SMILES string of the molecule is CCC1CN(CCO)c2ccc(N)cc2O1. The van der Waals surface area contributed by atoms with Gasteiger partial charge in [-0.15, -0.1) is 0 Å². The van der Waals surface area contributed by atoms with Gasteiger partial charge in [0.25, 0.3) is 0 Å². The van der Waals surface area contributed by atoms with E-state index in [1.54, 1.807) is 0 Å². The lowest BCUT2D eigenvalue weighted by Crippen LogP contribution is -2.41. The Bertz CT molecular complexity index is 368. The van der Waals surface area contributed by atoms with Gasteiger partial charge in [0.05, 0.1) is 18.8 Å².